The average molecular weight is 427 g/mol. The summed E-state index contributed by atoms with van der Waals surface area (Å²) in [6.07, 6.45) is 1.03. The molecule has 0 aliphatic heterocycles. The van der Waals surface area contributed by atoms with Gasteiger partial charge in [0.05, 0.1) is 11.6 Å². The number of alkyl halides is 2. The second-order valence-electron chi connectivity index (χ2n) is 7.01. The van der Waals surface area contributed by atoms with Crippen molar-refractivity contribution < 1.29 is 23.5 Å². The number of aliphatic hydroxyl groups is 1. The molecule has 9 heteroatoms. The quantitative estimate of drug-likeness (QED) is 0.422. The zero-order valence-electron chi connectivity index (χ0n) is 15.5. The van der Waals surface area contributed by atoms with E-state index in [0.29, 0.717) is 29.0 Å². The van der Waals surface area contributed by atoms with Crippen molar-refractivity contribution in [1.82, 2.24) is 0 Å². The van der Waals surface area contributed by atoms with Crippen molar-refractivity contribution in [3.63, 3.8) is 0 Å². The molecule has 1 fully saturated rings. The summed E-state index contributed by atoms with van der Waals surface area (Å²) in [5.41, 5.74) is 0.444. The van der Waals surface area contributed by atoms with E-state index in [0.717, 1.165) is 0 Å². The molecule has 29 heavy (non-hydrogen) atoms. The molecule has 2 aromatic rings. The number of nitrogens with one attached hydrogen (secondary N) is 1. The number of nitro groups is 1. The van der Waals surface area contributed by atoms with Crippen LogP contribution in [0.5, 0.6) is 5.75 Å². The van der Waals surface area contributed by atoms with Crippen LogP contribution in [0.4, 0.5) is 20.2 Å². The molecule has 0 spiro atoms. The smallest absolute Gasteiger partial charge is 0.292 e. The Morgan fingerprint density at radius 3 is 2.79 bits per heavy atom. The van der Waals surface area contributed by atoms with Crippen molar-refractivity contribution in [3.8, 4) is 5.75 Å². The van der Waals surface area contributed by atoms with Gasteiger partial charge >= 0.3 is 0 Å². The van der Waals surface area contributed by atoms with E-state index in [1.807, 2.05) is 0 Å². The number of ether oxygens (including phenoxy) is 1. The fraction of sp³-hybridized carbons (Fsp3) is 0.400. The molecule has 0 bridgehead atoms. The molecule has 0 unspecified atom stereocenters. The molecular weight excluding hydrogens is 406 g/mol. The molecule has 0 aromatic heterocycles. The van der Waals surface area contributed by atoms with Crippen LogP contribution in [0.25, 0.3) is 0 Å². The molecule has 2 N–H and O–H groups in total. The highest BCUT2D eigenvalue weighted by molar-refractivity contribution is 6.31. The molecule has 2 aromatic carbocycles. The first-order valence-electron chi connectivity index (χ1n) is 9.12. The van der Waals surface area contributed by atoms with Crippen LogP contribution >= 0.6 is 11.6 Å². The summed E-state index contributed by atoms with van der Waals surface area (Å²) < 4.78 is 32.1. The monoisotopic (exact) mass is 426 g/mol. The molecule has 0 saturated heterocycles. The molecular formula is C20H21ClF2N2O4. The van der Waals surface area contributed by atoms with Crippen LogP contribution in [0.1, 0.15) is 24.0 Å². The zero-order chi connectivity index (χ0) is 21.0. The number of rotatable bonds is 10. The fourth-order valence-corrected chi connectivity index (χ4v) is 4.05. The molecule has 0 amide bonds. The van der Waals surface area contributed by atoms with E-state index < -0.39 is 23.9 Å². The van der Waals surface area contributed by atoms with Gasteiger partial charge in [0.2, 0.25) is 6.86 Å². The molecule has 1 aliphatic carbocycles. The third-order valence-electron chi connectivity index (χ3n) is 5.44. The highest BCUT2D eigenvalue weighted by Crippen LogP contribution is 2.58. The highest BCUT2D eigenvalue weighted by Gasteiger charge is 2.55. The number of hydrogen-bond donors (Lipinski definition) is 2. The number of hydrogen-bond acceptors (Lipinski definition) is 5. The van der Waals surface area contributed by atoms with Crippen molar-refractivity contribution in [3.05, 3.63) is 62.7 Å². The van der Waals surface area contributed by atoms with Gasteiger partial charge in [0.1, 0.15) is 11.4 Å². The Bertz CT molecular complexity index is 899. The standard InChI is InChI=1S/C20H21ClF2N2O4/c21-14-4-5-18(25(27)28)17(8-14)24-10-15-16(2-1-3-19(15)29-12-23)20(11-22)9-13(20)6-7-26/h1-5,8,13,24,26H,6-7,9-12H2/t13-,20+/m1/s1. The maximum absolute atomic E-state index is 14.1. The Morgan fingerprint density at radius 1 is 1.34 bits per heavy atom. The Hall–Kier alpha value is -2.45. The highest BCUT2D eigenvalue weighted by atomic mass is 35.5. The molecule has 156 valence electrons. The lowest BCUT2D eigenvalue weighted by Gasteiger charge is -2.21. The van der Waals surface area contributed by atoms with Crippen molar-refractivity contribution in [1.29, 1.82) is 0 Å². The minimum Gasteiger partial charge on any atom is -0.463 e. The summed E-state index contributed by atoms with van der Waals surface area (Å²) in [6, 6.07) is 9.12. The lowest BCUT2D eigenvalue weighted by molar-refractivity contribution is -0.384. The third-order valence-corrected chi connectivity index (χ3v) is 5.67. The molecule has 3 rings (SSSR count). The van der Waals surface area contributed by atoms with Gasteiger partial charge in [0.15, 0.2) is 0 Å². The van der Waals surface area contributed by atoms with Crippen LogP contribution in [-0.2, 0) is 12.0 Å². The van der Waals surface area contributed by atoms with Gasteiger partial charge in [-0.2, -0.15) is 0 Å². The van der Waals surface area contributed by atoms with Crippen molar-refractivity contribution >= 4 is 23.0 Å². The first-order valence-corrected chi connectivity index (χ1v) is 9.50. The molecule has 1 saturated carbocycles. The molecule has 6 nitrogen and oxygen atoms in total. The molecule has 1 aliphatic rings. The summed E-state index contributed by atoms with van der Waals surface area (Å²) in [5.74, 6) is 0.210. The number of aliphatic hydroxyl groups excluding tert-OH is 1. The third kappa shape index (κ3) is 4.28. The summed E-state index contributed by atoms with van der Waals surface area (Å²) >= 11 is 5.96. The molecule has 0 radical (unpaired) electrons. The van der Waals surface area contributed by atoms with Crippen LogP contribution in [0.2, 0.25) is 5.02 Å². The Balaban J connectivity index is 1.97. The van der Waals surface area contributed by atoms with E-state index in [9.17, 15) is 24.0 Å². The van der Waals surface area contributed by atoms with Crippen LogP contribution < -0.4 is 10.1 Å². The second kappa shape index (κ2) is 8.92. The largest absolute Gasteiger partial charge is 0.463 e. The number of halogens is 3. The maximum Gasteiger partial charge on any atom is 0.292 e. The van der Waals surface area contributed by atoms with E-state index >= 15 is 0 Å². The van der Waals surface area contributed by atoms with E-state index in [2.05, 4.69) is 5.32 Å². The summed E-state index contributed by atoms with van der Waals surface area (Å²) in [4.78, 5) is 10.7. The minimum absolute atomic E-state index is 0.0302. The number of benzene rings is 2. The molecule has 0 heterocycles. The Morgan fingerprint density at radius 2 is 2.14 bits per heavy atom. The maximum atomic E-state index is 14.1. The lowest BCUT2D eigenvalue weighted by Crippen LogP contribution is -2.18. The number of nitro benzene ring substituents is 1. The van der Waals surface area contributed by atoms with Crippen LogP contribution in [0.15, 0.2) is 36.4 Å². The van der Waals surface area contributed by atoms with Gasteiger partial charge in [-0.25, -0.2) is 4.39 Å². The van der Waals surface area contributed by atoms with Gasteiger partial charge in [-0.15, -0.1) is 0 Å². The summed E-state index contributed by atoms with van der Waals surface area (Å²) in [6.45, 7) is -1.67. The Kier molecular flexibility index (Phi) is 6.54. The fourth-order valence-electron chi connectivity index (χ4n) is 3.88. The van der Waals surface area contributed by atoms with E-state index in [-0.39, 0.29) is 36.2 Å². The van der Waals surface area contributed by atoms with Crippen molar-refractivity contribution in [2.45, 2.75) is 24.8 Å². The first kappa shape index (κ1) is 21.3. The lowest BCUT2D eigenvalue weighted by atomic mass is 9.88. The molecule has 2 atom stereocenters. The van der Waals surface area contributed by atoms with Gasteiger partial charge in [0.25, 0.3) is 5.69 Å². The SMILES string of the molecule is O=[N+]([O-])c1ccc(Cl)cc1NCc1c(OCF)cccc1[C@]1(CF)C[C@H]1CCO. The van der Waals surface area contributed by atoms with Crippen LogP contribution in [0.3, 0.4) is 0 Å². The number of nitrogens with zero attached hydrogens (tertiary/aromatic N) is 1. The predicted molar refractivity (Wildman–Crippen MR) is 106 cm³/mol. The first-order chi connectivity index (χ1) is 14.0. The van der Waals surface area contributed by atoms with Crippen LogP contribution in [-0.4, -0.2) is 30.2 Å². The predicted octanol–water partition coefficient (Wildman–Crippen LogP) is 4.78. The van der Waals surface area contributed by atoms with E-state index in [1.54, 1.807) is 18.2 Å². The van der Waals surface area contributed by atoms with Gasteiger partial charge in [-0.3, -0.25) is 14.5 Å². The average Bonchev–Trinajstić information content (AvgIpc) is 3.41. The minimum atomic E-state index is -1.06. The van der Waals surface area contributed by atoms with Crippen molar-refractivity contribution in [2.75, 3.05) is 25.5 Å². The Labute approximate surface area is 171 Å². The van der Waals surface area contributed by atoms with Gasteiger partial charge in [-0.05, 0) is 42.5 Å². The van der Waals surface area contributed by atoms with E-state index in [4.69, 9.17) is 16.3 Å². The van der Waals surface area contributed by atoms with Gasteiger partial charge in [0, 0.05) is 35.2 Å². The summed E-state index contributed by atoms with van der Waals surface area (Å²) in [7, 11) is 0. The topological polar surface area (TPSA) is 84.6 Å². The van der Waals surface area contributed by atoms with E-state index in [1.165, 1.54) is 18.2 Å². The van der Waals surface area contributed by atoms with Gasteiger partial charge < -0.3 is 15.2 Å². The normalized spacial score (nSPS) is 20.3. The number of anilines is 1. The van der Waals surface area contributed by atoms with Crippen LogP contribution in [0, 0.1) is 16.0 Å². The second-order valence-corrected chi connectivity index (χ2v) is 7.45. The summed E-state index contributed by atoms with van der Waals surface area (Å²) in [5, 5.41) is 23.8. The van der Waals surface area contributed by atoms with Gasteiger partial charge in [-0.1, -0.05) is 23.7 Å². The zero-order valence-corrected chi connectivity index (χ0v) is 16.3. The van der Waals surface area contributed by atoms with Crippen molar-refractivity contribution in [2.24, 2.45) is 5.92 Å².